The molecule has 3 N–H and O–H groups in total. The van der Waals surface area contributed by atoms with Gasteiger partial charge in [-0.15, -0.1) is 0 Å². The quantitative estimate of drug-likeness (QED) is 0.703. The Kier molecular flexibility index (Phi) is 5.78. The van der Waals surface area contributed by atoms with Gasteiger partial charge in [-0.05, 0) is 30.5 Å². The average Bonchev–Trinajstić information content (AvgIpc) is 3.36. The van der Waals surface area contributed by atoms with Crippen LogP contribution in [0.15, 0.2) is 24.3 Å². The van der Waals surface area contributed by atoms with Crippen molar-refractivity contribution in [2.45, 2.75) is 32.4 Å². The van der Waals surface area contributed by atoms with E-state index < -0.39 is 11.9 Å². The van der Waals surface area contributed by atoms with Gasteiger partial charge < -0.3 is 20.6 Å². The van der Waals surface area contributed by atoms with Gasteiger partial charge in [0.15, 0.2) is 0 Å². The van der Waals surface area contributed by atoms with E-state index >= 15 is 0 Å². The van der Waals surface area contributed by atoms with E-state index in [0.29, 0.717) is 11.6 Å². The summed E-state index contributed by atoms with van der Waals surface area (Å²) in [7, 11) is 1.55. The van der Waals surface area contributed by atoms with Crippen LogP contribution < -0.4 is 10.6 Å². The largest absolute Gasteiger partial charge is 0.481 e. The number of hydrogen-bond donors (Lipinski definition) is 3. The first kappa shape index (κ1) is 17.8. The Labute approximate surface area is 141 Å². The van der Waals surface area contributed by atoms with Gasteiger partial charge in [-0.2, -0.15) is 0 Å². The highest BCUT2D eigenvalue weighted by atomic mass is 16.4. The molecule has 7 nitrogen and oxygen atoms in total. The standard InChI is InChI=1S/C17H23N3O4/c1-11(16(22)23)10-20(2)17(24)18-9-12-4-3-5-13(8-12)15(21)19-14-6-7-14/h3-5,8,11,14H,6-7,9-10H2,1-2H3,(H,18,24)(H,19,21)(H,22,23). The SMILES string of the molecule is CC(CN(C)C(=O)NCc1cccc(C(=O)NC2CC2)c1)C(=O)O. The maximum Gasteiger partial charge on any atom is 0.317 e. The second-order valence-electron chi connectivity index (χ2n) is 6.23. The van der Waals surface area contributed by atoms with E-state index in [0.717, 1.165) is 18.4 Å². The molecule has 0 saturated heterocycles. The van der Waals surface area contributed by atoms with Gasteiger partial charge in [0.1, 0.15) is 0 Å². The molecule has 1 aromatic rings. The number of benzene rings is 1. The van der Waals surface area contributed by atoms with Crippen LogP contribution in [0.3, 0.4) is 0 Å². The number of carboxylic acids is 1. The molecule has 7 heteroatoms. The van der Waals surface area contributed by atoms with Crippen molar-refractivity contribution in [1.82, 2.24) is 15.5 Å². The molecule has 1 aliphatic carbocycles. The van der Waals surface area contributed by atoms with Crippen molar-refractivity contribution in [2.75, 3.05) is 13.6 Å². The van der Waals surface area contributed by atoms with Crippen molar-refractivity contribution in [2.24, 2.45) is 5.92 Å². The molecular formula is C17H23N3O4. The van der Waals surface area contributed by atoms with Gasteiger partial charge in [-0.25, -0.2) is 4.79 Å². The van der Waals surface area contributed by atoms with Crippen LogP contribution in [-0.2, 0) is 11.3 Å². The Bertz CT molecular complexity index is 628. The van der Waals surface area contributed by atoms with E-state index in [4.69, 9.17) is 5.11 Å². The number of urea groups is 1. The second-order valence-corrected chi connectivity index (χ2v) is 6.23. The summed E-state index contributed by atoms with van der Waals surface area (Å²) in [6, 6.07) is 7.04. The lowest BCUT2D eigenvalue weighted by atomic mass is 10.1. The minimum absolute atomic E-state index is 0.0990. The molecule has 0 bridgehead atoms. The van der Waals surface area contributed by atoms with Crippen LogP contribution >= 0.6 is 0 Å². The topological polar surface area (TPSA) is 98.7 Å². The highest BCUT2D eigenvalue weighted by Crippen LogP contribution is 2.19. The van der Waals surface area contributed by atoms with E-state index in [1.165, 1.54) is 4.90 Å². The third-order valence-electron chi connectivity index (χ3n) is 3.86. The fourth-order valence-corrected chi connectivity index (χ4v) is 2.20. The highest BCUT2D eigenvalue weighted by molar-refractivity contribution is 5.94. The highest BCUT2D eigenvalue weighted by Gasteiger charge is 2.23. The number of nitrogens with one attached hydrogen (secondary N) is 2. The van der Waals surface area contributed by atoms with E-state index in [1.54, 1.807) is 32.2 Å². The van der Waals surface area contributed by atoms with Crippen molar-refractivity contribution in [3.8, 4) is 0 Å². The molecule has 0 aliphatic heterocycles. The molecule has 24 heavy (non-hydrogen) atoms. The summed E-state index contributed by atoms with van der Waals surface area (Å²) >= 11 is 0. The van der Waals surface area contributed by atoms with E-state index in [2.05, 4.69) is 10.6 Å². The fraction of sp³-hybridized carbons (Fsp3) is 0.471. The number of hydrogen-bond acceptors (Lipinski definition) is 3. The lowest BCUT2D eigenvalue weighted by Crippen LogP contribution is -2.40. The maximum atomic E-state index is 12.0. The number of carboxylic acid groups (broad SMARTS) is 1. The molecule has 1 aliphatic rings. The van der Waals surface area contributed by atoms with E-state index in [-0.39, 0.29) is 25.0 Å². The van der Waals surface area contributed by atoms with Crippen LogP contribution in [0.25, 0.3) is 0 Å². The van der Waals surface area contributed by atoms with Gasteiger partial charge in [0, 0.05) is 31.7 Å². The van der Waals surface area contributed by atoms with Crippen molar-refractivity contribution in [1.29, 1.82) is 0 Å². The van der Waals surface area contributed by atoms with Gasteiger partial charge in [0.25, 0.3) is 5.91 Å². The third-order valence-corrected chi connectivity index (χ3v) is 3.86. The van der Waals surface area contributed by atoms with Crippen molar-refractivity contribution in [3.63, 3.8) is 0 Å². The van der Waals surface area contributed by atoms with Gasteiger partial charge in [0.2, 0.25) is 0 Å². The first-order valence-electron chi connectivity index (χ1n) is 7.98. The van der Waals surface area contributed by atoms with Crippen LogP contribution in [0.2, 0.25) is 0 Å². The minimum Gasteiger partial charge on any atom is -0.481 e. The summed E-state index contributed by atoms with van der Waals surface area (Å²) in [6.45, 7) is 1.95. The van der Waals surface area contributed by atoms with Crippen molar-refractivity contribution < 1.29 is 19.5 Å². The Morgan fingerprint density at radius 1 is 1.33 bits per heavy atom. The molecule has 1 aromatic carbocycles. The number of amides is 3. The van der Waals surface area contributed by atoms with Crippen LogP contribution in [0.4, 0.5) is 4.79 Å². The summed E-state index contributed by atoms with van der Waals surface area (Å²) in [4.78, 5) is 36.2. The zero-order valence-electron chi connectivity index (χ0n) is 13.9. The zero-order chi connectivity index (χ0) is 17.7. The van der Waals surface area contributed by atoms with Crippen LogP contribution in [0.1, 0.15) is 35.7 Å². The predicted molar refractivity (Wildman–Crippen MR) is 88.6 cm³/mol. The van der Waals surface area contributed by atoms with Gasteiger partial charge in [0.05, 0.1) is 5.92 Å². The van der Waals surface area contributed by atoms with Crippen molar-refractivity contribution >= 4 is 17.9 Å². The number of nitrogens with zero attached hydrogens (tertiary/aromatic N) is 1. The molecule has 0 aromatic heterocycles. The summed E-state index contributed by atoms with van der Waals surface area (Å²) in [5.74, 6) is -1.67. The molecule has 1 unspecified atom stereocenters. The lowest BCUT2D eigenvalue weighted by Gasteiger charge is -2.20. The predicted octanol–water partition coefficient (Wildman–Crippen LogP) is 1.44. The lowest BCUT2D eigenvalue weighted by molar-refractivity contribution is -0.141. The summed E-state index contributed by atoms with van der Waals surface area (Å²) in [5.41, 5.74) is 1.38. The Hall–Kier alpha value is -2.57. The normalized spacial score (nSPS) is 14.6. The fourth-order valence-electron chi connectivity index (χ4n) is 2.20. The van der Waals surface area contributed by atoms with Crippen LogP contribution in [-0.4, -0.2) is 47.5 Å². The van der Waals surface area contributed by atoms with Crippen LogP contribution in [0.5, 0.6) is 0 Å². The molecular weight excluding hydrogens is 310 g/mol. The molecule has 0 spiro atoms. The Balaban J connectivity index is 1.85. The third kappa shape index (κ3) is 5.26. The van der Waals surface area contributed by atoms with Crippen molar-refractivity contribution in [3.05, 3.63) is 35.4 Å². The molecule has 0 heterocycles. The summed E-state index contributed by atoms with van der Waals surface area (Å²) < 4.78 is 0. The maximum absolute atomic E-state index is 12.0. The van der Waals surface area contributed by atoms with E-state index in [1.807, 2.05) is 6.07 Å². The summed E-state index contributed by atoms with van der Waals surface area (Å²) in [5, 5.41) is 14.5. The Morgan fingerprint density at radius 3 is 2.67 bits per heavy atom. The molecule has 1 atom stereocenters. The minimum atomic E-state index is -0.941. The molecule has 0 radical (unpaired) electrons. The molecule has 130 valence electrons. The van der Waals surface area contributed by atoms with Gasteiger partial charge >= 0.3 is 12.0 Å². The number of aliphatic carboxylic acids is 1. The number of rotatable bonds is 7. The summed E-state index contributed by atoms with van der Waals surface area (Å²) in [6.07, 6.45) is 2.06. The van der Waals surface area contributed by atoms with Gasteiger partial charge in [-0.3, -0.25) is 9.59 Å². The Morgan fingerprint density at radius 2 is 2.04 bits per heavy atom. The molecule has 3 amide bonds. The first-order valence-corrected chi connectivity index (χ1v) is 7.98. The monoisotopic (exact) mass is 333 g/mol. The first-order chi connectivity index (χ1) is 11.4. The number of carbonyl (C=O) groups excluding carboxylic acids is 2. The average molecular weight is 333 g/mol. The molecule has 1 saturated carbocycles. The van der Waals surface area contributed by atoms with E-state index in [9.17, 15) is 14.4 Å². The molecule has 1 fully saturated rings. The second kappa shape index (κ2) is 7.81. The number of carbonyl (C=O) groups is 3. The zero-order valence-corrected chi connectivity index (χ0v) is 13.9. The molecule has 2 rings (SSSR count). The van der Waals surface area contributed by atoms with Crippen LogP contribution in [0, 0.1) is 5.92 Å². The smallest absolute Gasteiger partial charge is 0.317 e. The van der Waals surface area contributed by atoms with Gasteiger partial charge in [-0.1, -0.05) is 19.1 Å².